The molecule has 0 saturated heterocycles. The number of alkyl halides is 3. The molecule has 0 unspecified atom stereocenters. The van der Waals surface area contributed by atoms with Crippen LogP contribution in [0.3, 0.4) is 0 Å². The quantitative estimate of drug-likeness (QED) is 0.160. The van der Waals surface area contributed by atoms with E-state index in [1.54, 1.807) is 0 Å². The first kappa shape index (κ1) is 33.1. The van der Waals surface area contributed by atoms with Crippen LogP contribution in [-0.4, -0.2) is 23.0 Å². The molecule has 1 N–H and O–H groups in total. The van der Waals surface area contributed by atoms with Gasteiger partial charge in [-0.1, -0.05) is 88.1 Å². The molecule has 33 heavy (non-hydrogen) atoms. The van der Waals surface area contributed by atoms with E-state index in [1.807, 2.05) is 6.92 Å². The van der Waals surface area contributed by atoms with Crippen molar-refractivity contribution in [1.29, 1.82) is 0 Å². The highest BCUT2D eigenvalue weighted by molar-refractivity contribution is 5.83. The number of carbonyl (C=O) groups is 2. The van der Waals surface area contributed by atoms with E-state index in [4.69, 9.17) is 5.11 Å². The minimum atomic E-state index is -4.63. The number of aliphatic carboxylic acids is 1. The highest BCUT2D eigenvalue weighted by atomic mass is 19.4. The van der Waals surface area contributed by atoms with Gasteiger partial charge in [-0.05, 0) is 51.4 Å². The number of carboxylic acids is 1. The van der Waals surface area contributed by atoms with Crippen molar-refractivity contribution in [1.82, 2.24) is 0 Å². The van der Waals surface area contributed by atoms with Crippen LogP contribution in [0.25, 0.3) is 0 Å². The molecule has 0 fully saturated rings. The molecule has 0 spiro atoms. The molecular formula is C27H43F3O3. The van der Waals surface area contributed by atoms with E-state index in [0.29, 0.717) is 12.8 Å². The van der Waals surface area contributed by atoms with Crippen LogP contribution in [0.1, 0.15) is 104 Å². The SMILES string of the molecule is CCCCC/C=C\C/C=C\C/C=C\C/C=C\CCCC(=O)O.CCCCCC(=O)C(F)(F)F. The van der Waals surface area contributed by atoms with Crippen LogP contribution in [0.5, 0.6) is 0 Å². The van der Waals surface area contributed by atoms with Gasteiger partial charge in [0.25, 0.3) is 0 Å². The van der Waals surface area contributed by atoms with Gasteiger partial charge >= 0.3 is 12.1 Å². The van der Waals surface area contributed by atoms with Crippen molar-refractivity contribution in [2.75, 3.05) is 0 Å². The number of ketones is 1. The van der Waals surface area contributed by atoms with Gasteiger partial charge in [-0.25, -0.2) is 0 Å². The topological polar surface area (TPSA) is 54.4 Å². The monoisotopic (exact) mass is 472 g/mol. The predicted molar refractivity (Wildman–Crippen MR) is 131 cm³/mol. The summed E-state index contributed by atoms with van der Waals surface area (Å²) >= 11 is 0. The van der Waals surface area contributed by atoms with Crippen LogP contribution >= 0.6 is 0 Å². The number of carboxylic acid groups (broad SMARTS) is 1. The molecule has 0 aliphatic rings. The van der Waals surface area contributed by atoms with Gasteiger partial charge in [-0.15, -0.1) is 0 Å². The average Bonchev–Trinajstić information content (AvgIpc) is 2.75. The van der Waals surface area contributed by atoms with Gasteiger partial charge in [0.2, 0.25) is 5.78 Å². The van der Waals surface area contributed by atoms with Crippen molar-refractivity contribution in [2.24, 2.45) is 0 Å². The summed E-state index contributed by atoms with van der Waals surface area (Å²) in [7, 11) is 0. The van der Waals surface area contributed by atoms with E-state index < -0.39 is 17.9 Å². The standard InChI is InChI=1S/C20H32O2.C7H11F3O/c1-2-3-4-5-6-7-8-9-10-11-12-13-14-15-16-17-18-19-20(21)22;1-2-3-4-5-6(11)7(8,9)10/h6-7,9-10,12-13,15-16H,2-5,8,11,14,17-19H2,1H3,(H,21,22);2-5H2,1H3/b7-6-,10-9-,13-12-,16-15-;. The number of hydrogen-bond donors (Lipinski definition) is 1. The highest BCUT2D eigenvalue weighted by Gasteiger charge is 2.36. The number of Topliss-reactive ketones (excluding diaryl/α,β-unsaturated/α-hetero) is 1. The highest BCUT2D eigenvalue weighted by Crippen LogP contribution is 2.19. The number of hydrogen-bond acceptors (Lipinski definition) is 2. The Bertz CT molecular complexity index is 588. The summed E-state index contributed by atoms with van der Waals surface area (Å²) in [6.07, 6.45) is 24.2. The van der Waals surface area contributed by atoms with Crippen molar-refractivity contribution < 1.29 is 27.9 Å². The Kier molecular flexibility index (Phi) is 24.6. The zero-order valence-electron chi connectivity index (χ0n) is 20.4. The Morgan fingerprint density at radius 3 is 1.48 bits per heavy atom. The number of halogens is 3. The van der Waals surface area contributed by atoms with Gasteiger partial charge in [0, 0.05) is 12.8 Å². The Morgan fingerprint density at radius 1 is 0.636 bits per heavy atom. The molecule has 0 saturated carbocycles. The van der Waals surface area contributed by atoms with Crippen LogP contribution in [-0.2, 0) is 9.59 Å². The van der Waals surface area contributed by atoms with Crippen LogP contribution < -0.4 is 0 Å². The maximum absolute atomic E-state index is 11.5. The molecule has 0 rings (SSSR count). The smallest absolute Gasteiger partial charge is 0.449 e. The average molecular weight is 473 g/mol. The molecule has 0 aliphatic heterocycles. The Labute approximate surface area is 198 Å². The molecule has 0 aromatic rings. The zero-order valence-corrected chi connectivity index (χ0v) is 20.4. The van der Waals surface area contributed by atoms with E-state index in [2.05, 4.69) is 55.5 Å². The molecule has 0 bridgehead atoms. The van der Waals surface area contributed by atoms with Crippen molar-refractivity contribution in [2.45, 2.75) is 110 Å². The van der Waals surface area contributed by atoms with Crippen molar-refractivity contribution in [3.63, 3.8) is 0 Å². The molecule has 0 aliphatic carbocycles. The molecule has 0 radical (unpaired) electrons. The third-order valence-corrected chi connectivity index (χ3v) is 4.54. The van der Waals surface area contributed by atoms with Crippen LogP contribution in [0.15, 0.2) is 48.6 Å². The van der Waals surface area contributed by atoms with Gasteiger partial charge in [0.15, 0.2) is 0 Å². The second-order valence-corrected chi connectivity index (χ2v) is 7.75. The van der Waals surface area contributed by atoms with Gasteiger partial charge in [-0.2, -0.15) is 13.2 Å². The summed E-state index contributed by atoms with van der Waals surface area (Å²) in [5, 5.41) is 8.49. The third-order valence-electron chi connectivity index (χ3n) is 4.54. The first-order valence-electron chi connectivity index (χ1n) is 12.2. The molecule has 3 nitrogen and oxygen atoms in total. The summed E-state index contributed by atoms with van der Waals surface area (Å²) in [6.45, 7) is 4.10. The second-order valence-electron chi connectivity index (χ2n) is 7.75. The van der Waals surface area contributed by atoms with E-state index in [1.165, 1.54) is 25.7 Å². The second kappa shape index (κ2) is 24.5. The minimum absolute atomic E-state index is 0.262. The first-order chi connectivity index (χ1) is 15.8. The fourth-order valence-corrected chi connectivity index (χ4v) is 2.61. The van der Waals surface area contributed by atoms with Crippen molar-refractivity contribution in [3.8, 4) is 0 Å². The zero-order chi connectivity index (χ0) is 25.2. The Hall–Kier alpha value is -2.11. The summed E-state index contributed by atoms with van der Waals surface area (Å²) in [5.41, 5.74) is 0. The lowest BCUT2D eigenvalue weighted by molar-refractivity contribution is -0.171. The number of unbranched alkanes of at least 4 members (excludes halogenated alkanes) is 6. The van der Waals surface area contributed by atoms with Crippen LogP contribution in [0.4, 0.5) is 13.2 Å². The first-order valence-corrected chi connectivity index (χ1v) is 12.2. The summed E-state index contributed by atoms with van der Waals surface area (Å²) < 4.78 is 34.6. The summed E-state index contributed by atoms with van der Waals surface area (Å²) in [6, 6.07) is 0. The van der Waals surface area contributed by atoms with Crippen LogP contribution in [0, 0.1) is 0 Å². The fraction of sp³-hybridized carbons (Fsp3) is 0.630. The van der Waals surface area contributed by atoms with Gasteiger partial charge in [0.05, 0.1) is 0 Å². The van der Waals surface area contributed by atoms with E-state index in [-0.39, 0.29) is 12.8 Å². The van der Waals surface area contributed by atoms with Gasteiger partial charge < -0.3 is 5.11 Å². The molecule has 0 amide bonds. The fourth-order valence-electron chi connectivity index (χ4n) is 2.61. The lowest BCUT2D eigenvalue weighted by Gasteiger charge is -2.03. The largest absolute Gasteiger partial charge is 0.481 e. The maximum atomic E-state index is 11.5. The van der Waals surface area contributed by atoms with Crippen molar-refractivity contribution in [3.05, 3.63) is 48.6 Å². The predicted octanol–water partition coefficient (Wildman–Crippen LogP) is 8.91. The molecule has 0 aromatic heterocycles. The molecule has 0 heterocycles. The van der Waals surface area contributed by atoms with E-state index in [0.717, 1.165) is 38.5 Å². The number of carbonyl (C=O) groups excluding carboxylic acids is 1. The number of allylic oxidation sites excluding steroid dienone is 8. The molecule has 0 atom stereocenters. The number of rotatable bonds is 18. The lowest BCUT2D eigenvalue weighted by Crippen LogP contribution is -2.22. The third kappa shape index (κ3) is 29.9. The van der Waals surface area contributed by atoms with Gasteiger partial charge in [-0.3, -0.25) is 9.59 Å². The minimum Gasteiger partial charge on any atom is -0.481 e. The Balaban J connectivity index is 0. The van der Waals surface area contributed by atoms with E-state index >= 15 is 0 Å². The maximum Gasteiger partial charge on any atom is 0.449 e. The summed E-state index contributed by atoms with van der Waals surface area (Å²) in [4.78, 5) is 20.5. The molecule has 0 aromatic carbocycles. The normalized spacial score (nSPS) is 12.2. The Morgan fingerprint density at radius 2 is 1.06 bits per heavy atom. The van der Waals surface area contributed by atoms with Crippen LogP contribution in [0.2, 0.25) is 0 Å². The summed E-state index contributed by atoms with van der Waals surface area (Å²) in [5.74, 6) is -2.32. The van der Waals surface area contributed by atoms with Gasteiger partial charge in [0.1, 0.15) is 0 Å². The van der Waals surface area contributed by atoms with E-state index in [9.17, 15) is 22.8 Å². The molecule has 190 valence electrons. The van der Waals surface area contributed by atoms with Crippen molar-refractivity contribution >= 4 is 11.8 Å². The molecular weight excluding hydrogens is 429 g/mol. The lowest BCUT2D eigenvalue weighted by atomic mass is 10.1. The molecule has 6 heteroatoms.